The highest BCUT2D eigenvalue weighted by Gasteiger charge is 2.36. The average Bonchev–Trinajstić information content (AvgIpc) is 3.17. The molecule has 0 aromatic carbocycles. The molecule has 1 fully saturated rings. The number of sulfonamides is 1. The van der Waals surface area contributed by atoms with Crippen molar-refractivity contribution in [1.29, 1.82) is 0 Å². The molecule has 3 rings (SSSR count). The maximum Gasteiger partial charge on any atom is 0.262 e. The van der Waals surface area contributed by atoms with Gasteiger partial charge in [0.2, 0.25) is 0 Å². The van der Waals surface area contributed by atoms with Crippen LogP contribution < -0.4 is 0 Å². The number of aromatic amines is 1. The molecule has 1 aliphatic heterocycles. The van der Waals surface area contributed by atoms with Crippen molar-refractivity contribution in [3.63, 3.8) is 0 Å². The van der Waals surface area contributed by atoms with E-state index in [-0.39, 0.29) is 22.4 Å². The van der Waals surface area contributed by atoms with E-state index in [0.717, 1.165) is 6.26 Å². The fourth-order valence-electron chi connectivity index (χ4n) is 2.71. The summed E-state index contributed by atoms with van der Waals surface area (Å²) in [5.41, 5.74) is 0.464. The standard InChI is InChI=1S/C12H17N5O4S2/c1-16-7-11(13-8-16)23(20,21)17-4-3-9(6-17)12-10(5-14-15-12)22(2,18)19/h5,7-9H,3-4,6H2,1-2H3,(H,14,15)/t9-/m1/s1. The Morgan fingerprint density at radius 2 is 2.04 bits per heavy atom. The van der Waals surface area contributed by atoms with Crippen molar-refractivity contribution in [3.05, 3.63) is 24.4 Å². The molecule has 0 amide bonds. The highest BCUT2D eigenvalue weighted by atomic mass is 32.2. The van der Waals surface area contributed by atoms with Crippen molar-refractivity contribution in [1.82, 2.24) is 24.1 Å². The monoisotopic (exact) mass is 359 g/mol. The number of imidazole rings is 1. The van der Waals surface area contributed by atoms with Crippen LogP contribution in [-0.2, 0) is 26.9 Å². The summed E-state index contributed by atoms with van der Waals surface area (Å²) in [6, 6.07) is 0. The molecule has 0 aliphatic carbocycles. The van der Waals surface area contributed by atoms with Crippen LogP contribution in [0.15, 0.2) is 28.6 Å². The van der Waals surface area contributed by atoms with E-state index < -0.39 is 19.9 Å². The predicted octanol–water partition coefficient (Wildman–Crippen LogP) is -0.275. The fraction of sp³-hybridized carbons (Fsp3) is 0.500. The fourth-order valence-corrected chi connectivity index (χ4v) is 5.03. The van der Waals surface area contributed by atoms with Gasteiger partial charge in [0.1, 0.15) is 4.90 Å². The predicted molar refractivity (Wildman–Crippen MR) is 81.0 cm³/mol. The van der Waals surface area contributed by atoms with Crippen LogP contribution >= 0.6 is 0 Å². The lowest BCUT2D eigenvalue weighted by molar-refractivity contribution is 0.469. The lowest BCUT2D eigenvalue weighted by atomic mass is 10.1. The second-order valence-electron chi connectivity index (χ2n) is 5.65. The van der Waals surface area contributed by atoms with E-state index in [2.05, 4.69) is 15.2 Å². The number of sulfone groups is 1. The lowest BCUT2D eigenvalue weighted by Crippen LogP contribution is -2.29. The van der Waals surface area contributed by atoms with Crippen molar-refractivity contribution in [3.8, 4) is 0 Å². The summed E-state index contributed by atoms with van der Waals surface area (Å²) >= 11 is 0. The summed E-state index contributed by atoms with van der Waals surface area (Å²) in [4.78, 5) is 4.02. The van der Waals surface area contributed by atoms with E-state index in [4.69, 9.17) is 0 Å². The van der Waals surface area contributed by atoms with Crippen LogP contribution in [0.25, 0.3) is 0 Å². The normalized spacial score (nSPS) is 20.2. The van der Waals surface area contributed by atoms with Gasteiger partial charge in [-0.3, -0.25) is 5.10 Å². The SMILES string of the molecule is Cn1cnc(S(=O)(=O)N2CC[C@@H](c3[nH]ncc3S(C)(=O)=O)C2)c1. The molecule has 126 valence electrons. The first-order valence-electron chi connectivity index (χ1n) is 6.91. The van der Waals surface area contributed by atoms with Gasteiger partial charge in [0.25, 0.3) is 10.0 Å². The summed E-state index contributed by atoms with van der Waals surface area (Å²) < 4.78 is 51.5. The van der Waals surface area contributed by atoms with Gasteiger partial charge in [-0.15, -0.1) is 0 Å². The number of aryl methyl sites for hydroxylation is 1. The van der Waals surface area contributed by atoms with Gasteiger partial charge in [0.15, 0.2) is 14.9 Å². The van der Waals surface area contributed by atoms with Gasteiger partial charge in [-0.05, 0) is 6.42 Å². The van der Waals surface area contributed by atoms with Crippen molar-refractivity contribution in [2.45, 2.75) is 22.3 Å². The molecule has 0 saturated carbocycles. The van der Waals surface area contributed by atoms with E-state index >= 15 is 0 Å². The Kier molecular flexibility index (Phi) is 3.81. The second-order valence-corrected chi connectivity index (χ2v) is 9.52. The van der Waals surface area contributed by atoms with Crippen LogP contribution in [0, 0.1) is 0 Å². The molecule has 0 bridgehead atoms. The summed E-state index contributed by atoms with van der Waals surface area (Å²) in [5, 5.41) is 6.49. The van der Waals surface area contributed by atoms with Crippen molar-refractivity contribution < 1.29 is 16.8 Å². The minimum Gasteiger partial charge on any atom is -0.339 e. The summed E-state index contributed by atoms with van der Waals surface area (Å²) in [5.74, 6) is -0.235. The third kappa shape index (κ3) is 2.91. The molecular weight excluding hydrogens is 342 g/mol. The molecular formula is C12H17N5O4S2. The molecule has 11 heteroatoms. The molecule has 1 saturated heterocycles. The number of aromatic nitrogens is 4. The first kappa shape index (κ1) is 16.1. The molecule has 3 heterocycles. The minimum atomic E-state index is -3.67. The molecule has 2 aromatic heterocycles. The number of H-pyrrole nitrogens is 1. The van der Waals surface area contributed by atoms with Gasteiger partial charge in [0, 0.05) is 38.5 Å². The van der Waals surface area contributed by atoms with Gasteiger partial charge in [-0.1, -0.05) is 0 Å². The third-order valence-corrected chi connectivity index (χ3v) is 6.75. The summed E-state index contributed by atoms with van der Waals surface area (Å²) in [6.07, 6.45) is 5.77. The molecule has 2 aromatic rings. The maximum atomic E-state index is 12.6. The van der Waals surface area contributed by atoms with Crippen LogP contribution in [0.5, 0.6) is 0 Å². The molecule has 0 unspecified atom stereocenters. The Morgan fingerprint density at radius 1 is 1.30 bits per heavy atom. The van der Waals surface area contributed by atoms with Gasteiger partial charge in [-0.2, -0.15) is 9.40 Å². The van der Waals surface area contributed by atoms with Gasteiger partial charge in [0.05, 0.1) is 18.2 Å². The van der Waals surface area contributed by atoms with Crippen molar-refractivity contribution in [2.24, 2.45) is 7.05 Å². The van der Waals surface area contributed by atoms with Gasteiger partial charge in [-0.25, -0.2) is 21.8 Å². The number of nitrogens with zero attached hydrogens (tertiary/aromatic N) is 4. The van der Waals surface area contributed by atoms with Gasteiger partial charge < -0.3 is 4.57 Å². The zero-order valence-corrected chi connectivity index (χ0v) is 14.3. The van der Waals surface area contributed by atoms with E-state index in [1.807, 2.05) is 0 Å². The van der Waals surface area contributed by atoms with Crippen LogP contribution in [0.3, 0.4) is 0 Å². The first-order chi connectivity index (χ1) is 10.7. The Balaban J connectivity index is 1.86. The van der Waals surface area contributed by atoms with Crippen molar-refractivity contribution >= 4 is 19.9 Å². The molecule has 1 atom stereocenters. The average molecular weight is 359 g/mol. The number of hydrogen-bond acceptors (Lipinski definition) is 6. The summed E-state index contributed by atoms with van der Waals surface area (Å²) in [7, 11) is -5.38. The number of hydrogen-bond donors (Lipinski definition) is 1. The van der Waals surface area contributed by atoms with Crippen LogP contribution in [0.1, 0.15) is 18.0 Å². The Hall–Kier alpha value is -1.72. The molecule has 1 N–H and O–H groups in total. The molecule has 0 spiro atoms. The zero-order valence-electron chi connectivity index (χ0n) is 12.7. The molecule has 1 aliphatic rings. The smallest absolute Gasteiger partial charge is 0.262 e. The first-order valence-corrected chi connectivity index (χ1v) is 10.2. The topological polar surface area (TPSA) is 118 Å². The Bertz CT molecular complexity index is 928. The quantitative estimate of drug-likeness (QED) is 0.802. The molecule has 0 radical (unpaired) electrons. The van der Waals surface area contributed by atoms with Crippen LogP contribution in [0.4, 0.5) is 0 Å². The third-order valence-electron chi connectivity index (χ3n) is 3.88. The largest absolute Gasteiger partial charge is 0.339 e. The highest BCUT2D eigenvalue weighted by Crippen LogP contribution is 2.32. The Labute approximate surface area is 134 Å². The van der Waals surface area contributed by atoms with E-state index in [1.165, 1.54) is 23.0 Å². The second kappa shape index (κ2) is 5.42. The zero-order chi connectivity index (χ0) is 16.8. The number of rotatable bonds is 4. The molecule has 9 nitrogen and oxygen atoms in total. The van der Waals surface area contributed by atoms with Gasteiger partial charge >= 0.3 is 0 Å². The van der Waals surface area contributed by atoms with Crippen LogP contribution in [-0.4, -0.2) is 60.2 Å². The van der Waals surface area contributed by atoms with Crippen molar-refractivity contribution in [2.75, 3.05) is 19.3 Å². The van der Waals surface area contributed by atoms with E-state index in [9.17, 15) is 16.8 Å². The maximum absolute atomic E-state index is 12.6. The Morgan fingerprint density at radius 3 is 2.65 bits per heavy atom. The summed E-state index contributed by atoms with van der Waals surface area (Å²) in [6.45, 7) is 0.509. The lowest BCUT2D eigenvalue weighted by Gasteiger charge is -2.14. The van der Waals surface area contributed by atoms with Crippen LogP contribution in [0.2, 0.25) is 0 Å². The minimum absolute atomic E-state index is 0.00593. The molecule has 23 heavy (non-hydrogen) atoms. The highest BCUT2D eigenvalue weighted by molar-refractivity contribution is 7.90. The van der Waals surface area contributed by atoms with E-state index in [1.54, 1.807) is 11.6 Å². The number of nitrogens with one attached hydrogen (secondary N) is 1. The van der Waals surface area contributed by atoms with E-state index in [0.29, 0.717) is 18.7 Å².